The molecule has 6 nitrogen and oxygen atoms in total. The zero-order valence-electron chi connectivity index (χ0n) is 14.5. The van der Waals surface area contributed by atoms with Crippen LogP contribution < -0.4 is 5.56 Å². The molecule has 3 aromatic rings. The van der Waals surface area contributed by atoms with E-state index in [1.54, 1.807) is 18.5 Å². The molecule has 0 amide bonds. The first-order valence-electron chi connectivity index (χ1n) is 8.91. The van der Waals surface area contributed by atoms with Crippen LogP contribution in [0.15, 0.2) is 59.9 Å². The molecule has 1 N–H and O–H groups in total. The Labute approximate surface area is 152 Å². The molecule has 0 aromatic carbocycles. The summed E-state index contributed by atoms with van der Waals surface area (Å²) in [5.41, 5.74) is 2.85. The number of pyridine rings is 2. The van der Waals surface area contributed by atoms with Crippen molar-refractivity contribution in [3.8, 4) is 11.4 Å². The fraction of sp³-hybridized carbons (Fsp3) is 0.300. The second kappa shape index (κ2) is 7.58. The van der Waals surface area contributed by atoms with Gasteiger partial charge < -0.3 is 4.98 Å². The molecule has 132 valence electrons. The monoisotopic (exact) mass is 347 g/mol. The molecule has 1 aliphatic rings. The van der Waals surface area contributed by atoms with Gasteiger partial charge in [0.05, 0.1) is 5.69 Å². The molecule has 1 atom stereocenters. The van der Waals surface area contributed by atoms with E-state index in [0.29, 0.717) is 5.82 Å². The average Bonchev–Trinajstić information content (AvgIpc) is 2.69. The lowest BCUT2D eigenvalue weighted by atomic mass is 9.94. The first-order valence-corrected chi connectivity index (χ1v) is 8.91. The lowest BCUT2D eigenvalue weighted by Crippen LogP contribution is -2.34. The standard InChI is InChI=1S/C20H21N5O/c26-19-11-18(23-20(24-19)16-3-1-7-22-12-16)17-4-2-10-25(14-17)13-15-5-8-21-9-6-15/h1,3,5-9,11-12,17H,2,4,10,13-14H2,(H,23,24,26)/t17-/m1/s1. The van der Waals surface area contributed by atoms with Gasteiger partial charge in [-0.3, -0.25) is 19.7 Å². The van der Waals surface area contributed by atoms with Crippen LogP contribution in [0.2, 0.25) is 0 Å². The number of hydrogen-bond acceptors (Lipinski definition) is 5. The maximum absolute atomic E-state index is 12.2. The van der Waals surface area contributed by atoms with Gasteiger partial charge in [0.25, 0.3) is 5.56 Å². The Morgan fingerprint density at radius 1 is 1.15 bits per heavy atom. The smallest absolute Gasteiger partial charge is 0.251 e. The van der Waals surface area contributed by atoms with Crippen molar-refractivity contribution in [2.75, 3.05) is 13.1 Å². The Morgan fingerprint density at radius 3 is 2.85 bits per heavy atom. The van der Waals surface area contributed by atoms with Crippen LogP contribution in [0.5, 0.6) is 0 Å². The van der Waals surface area contributed by atoms with Crippen LogP contribution >= 0.6 is 0 Å². The molecule has 3 aromatic heterocycles. The van der Waals surface area contributed by atoms with Crippen molar-refractivity contribution in [1.29, 1.82) is 0 Å². The summed E-state index contributed by atoms with van der Waals surface area (Å²) in [6, 6.07) is 9.50. The molecule has 0 aliphatic carbocycles. The highest BCUT2D eigenvalue weighted by Crippen LogP contribution is 2.27. The molecule has 0 saturated carbocycles. The van der Waals surface area contributed by atoms with E-state index < -0.39 is 0 Å². The molecular formula is C20H21N5O. The molecule has 6 heteroatoms. The Kier molecular flexibility index (Phi) is 4.84. The highest BCUT2D eigenvalue weighted by molar-refractivity contribution is 5.52. The van der Waals surface area contributed by atoms with Gasteiger partial charge in [-0.25, -0.2) is 4.98 Å². The average molecular weight is 347 g/mol. The summed E-state index contributed by atoms with van der Waals surface area (Å²) < 4.78 is 0. The van der Waals surface area contributed by atoms with Crippen molar-refractivity contribution >= 4 is 0 Å². The van der Waals surface area contributed by atoms with Crippen molar-refractivity contribution in [2.45, 2.75) is 25.3 Å². The summed E-state index contributed by atoms with van der Waals surface area (Å²) in [5.74, 6) is 0.857. The number of aromatic amines is 1. The zero-order chi connectivity index (χ0) is 17.8. The van der Waals surface area contributed by atoms with Gasteiger partial charge in [0.1, 0.15) is 5.82 Å². The first-order chi connectivity index (χ1) is 12.8. The van der Waals surface area contributed by atoms with E-state index in [2.05, 4.69) is 32.0 Å². The third-order valence-corrected chi connectivity index (χ3v) is 4.78. The summed E-state index contributed by atoms with van der Waals surface area (Å²) in [4.78, 5) is 30.3. The van der Waals surface area contributed by atoms with Crippen LogP contribution in [-0.2, 0) is 6.54 Å². The Balaban J connectivity index is 1.55. The predicted octanol–water partition coefficient (Wildman–Crippen LogP) is 2.61. The summed E-state index contributed by atoms with van der Waals surface area (Å²) in [6.07, 6.45) is 9.24. The minimum absolute atomic E-state index is 0.111. The third-order valence-electron chi connectivity index (χ3n) is 4.78. The maximum Gasteiger partial charge on any atom is 0.251 e. The predicted molar refractivity (Wildman–Crippen MR) is 99.6 cm³/mol. The van der Waals surface area contributed by atoms with Crippen LogP contribution in [0.25, 0.3) is 11.4 Å². The Morgan fingerprint density at radius 2 is 2.04 bits per heavy atom. The number of hydrogen-bond donors (Lipinski definition) is 1. The summed E-state index contributed by atoms with van der Waals surface area (Å²) >= 11 is 0. The molecule has 1 saturated heterocycles. The molecule has 4 heterocycles. The number of nitrogens with one attached hydrogen (secondary N) is 1. The molecular weight excluding hydrogens is 326 g/mol. The fourth-order valence-electron chi connectivity index (χ4n) is 3.51. The van der Waals surface area contributed by atoms with E-state index in [4.69, 9.17) is 4.98 Å². The number of rotatable bonds is 4. The Hall–Kier alpha value is -2.86. The summed E-state index contributed by atoms with van der Waals surface area (Å²) in [5, 5.41) is 0. The van der Waals surface area contributed by atoms with E-state index in [0.717, 1.165) is 43.7 Å². The number of H-pyrrole nitrogens is 1. The SMILES string of the molecule is O=c1cc([C@@H]2CCCN(Cc3ccncc3)C2)nc(-c2cccnc2)[nH]1. The van der Waals surface area contributed by atoms with Gasteiger partial charge in [-0.05, 0) is 49.2 Å². The van der Waals surface area contributed by atoms with Crippen LogP contribution in [0.1, 0.15) is 30.0 Å². The summed E-state index contributed by atoms with van der Waals surface area (Å²) in [6.45, 7) is 2.88. The van der Waals surface area contributed by atoms with E-state index in [-0.39, 0.29) is 11.5 Å². The van der Waals surface area contributed by atoms with Crippen molar-refractivity contribution in [2.24, 2.45) is 0 Å². The van der Waals surface area contributed by atoms with Crippen molar-refractivity contribution < 1.29 is 0 Å². The zero-order valence-corrected chi connectivity index (χ0v) is 14.5. The van der Waals surface area contributed by atoms with Crippen LogP contribution in [0, 0.1) is 0 Å². The normalized spacial score (nSPS) is 17.9. The van der Waals surface area contributed by atoms with Gasteiger partial charge in [0.2, 0.25) is 0 Å². The fourth-order valence-corrected chi connectivity index (χ4v) is 3.51. The van der Waals surface area contributed by atoms with Crippen LogP contribution in [0.3, 0.4) is 0 Å². The summed E-state index contributed by atoms with van der Waals surface area (Å²) in [7, 11) is 0. The highest BCUT2D eigenvalue weighted by atomic mass is 16.1. The van der Waals surface area contributed by atoms with Crippen LogP contribution in [0.4, 0.5) is 0 Å². The van der Waals surface area contributed by atoms with E-state index >= 15 is 0 Å². The topological polar surface area (TPSA) is 74.8 Å². The minimum atomic E-state index is -0.111. The first kappa shape index (κ1) is 16.6. The molecule has 4 rings (SSSR count). The van der Waals surface area contributed by atoms with Crippen molar-refractivity contribution in [3.05, 3.63) is 76.7 Å². The molecule has 1 aliphatic heterocycles. The quantitative estimate of drug-likeness (QED) is 0.785. The van der Waals surface area contributed by atoms with Crippen molar-refractivity contribution in [1.82, 2.24) is 24.8 Å². The number of aromatic nitrogens is 4. The van der Waals surface area contributed by atoms with E-state index in [1.807, 2.05) is 24.5 Å². The second-order valence-electron chi connectivity index (χ2n) is 6.69. The van der Waals surface area contributed by atoms with Crippen molar-refractivity contribution in [3.63, 3.8) is 0 Å². The van der Waals surface area contributed by atoms with Gasteiger partial charge in [-0.1, -0.05) is 0 Å². The van der Waals surface area contributed by atoms with Gasteiger partial charge in [-0.15, -0.1) is 0 Å². The lowest BCUT2D eigenvalue weighted by molar-refractivity contribution is 0.198. The molecule has 0 unspecified atom stereocenters. The number of likely N-dealkylation sites (tertiary alicyclic amines) is 1. The van der Waals surface area contributed by atoms with Crippen LogP contribution in [-0.4, -0.2) is 37.9 Å². The van der Waals surface area contributed by atoms with Gasteiger partial charge in [0.15, 0.2) is 0 Å². The van der Waals surface area contributed by atoms with Gasteiger partial charge in [-0.2, -0.15) is 0 Å². The van der Waals surface area contributed by atoms with Gasteiger partial charge in [0, 0.05) is 55.4 Å². The third kappa shape index (κ3) is 3.86. The van der Waals surface area contributed by atoms with E-state index in [9.17, 15) is 4.79 Å². The number of nitrogens with zero attached hydrogens (tertiary/aromatic N) is 4. The Bertz CT molecular complexity index is 910. The molecule has 0 spiro atoms. The molecule has 0 bridgehead atoms. The largest absolute Gasteiger partial charge is 0.306 e. The molecule has 0 radical (unpaired) electrons. The minimum Gasteiger partial charge on any atom is -0.306 e. The number of piperidine rings is 1. The molecule has 1 fully saturated rings. The van der Waals surface area contributed by atoms with Gasteiger partial charge >= 0.3 is 0 Å². The maximum atomic E-state index is 12.2. The lowest BCUT2D eigenvalue weighted by Gasteiger charge is -2.32. The highest BCUT2D eigenvalue weighted by Gasteiger charge is 2.23. The van der Waals surface area contributed by atoms with E-state index in [1.165, 1.54) is 5.56 Å². The second-order valence-corrected chi connectivity index (χ2v) is 6.69. The molecule has 26 heavy (non-hydrogen) atoms.